The Morgan fingerprint density at radius 1 is 0.846 bits per heavy atom. The van der Waals surface area contributed by atoms with Crippen LogP contribution in [-0.4, -0.2) is 13.2 Å². The topological polar surface area (TPSA) is 27.7 Å². The summed E-state index contributed by atoms with van der Waals surface area (Å²) in [6.07, 6.45) is 0. The van der Waals surface area contributed by atoms with Crippen LogP contribution in [-0.2, 0) is 4.89 Å². The first-order chi connectivity index (χ1) is 12.5. The first kappa shape index (κ1) is 22.0. The van der Waals surface area contributed by atoms with Crippen LogP contribution in [0.15, 0.2) is 42.5 Å². The summed E-state index contributed by atoms with van der Waals surface area (Å²) in [5.74, 6) is 1.61. The molecule has 2 aromatic rings. The quantitative estimate of drug-likeness (QED) is 0.305. The Morgan fingerprint density at radius 2 is 1.50 bits per heavy atom. The Labute approximate surface area is 157 Å². The van der Waals surface area contributed by atoms with Gasteiger partial charge in [-0.25, -0.2) is 4.39 Å². The molecule has 0 N–H and O–H groups in total. The van der Waals surface area contributed by atoms with Crippen LogP contribution in [0.2, 0.25) is 0 Å². The summed E-state index contributed by atoms with van der Waals surface area (Å²) in [5.41, 5.74) is 1.74. The molecule has 0 aromatic heterocycles. The highest BCUT2D eigenvalue weighted by Gasteiger charge is 2.09. The van der Waals surface area contributed by atoms with E-state index >= 15 is 0 Å². The van der Waals surface area contributed by atoms with Gasteiger partial charge in [-0.1, -0.05) is 59.7 Å². The van der Waals surface area contributed by atoms with Gasteiger partial charge in [-0.2, -0.15) is 4.89 Å². The summed E-state index contributed by atoms with van der Waals surface area (Å²) in [6.45, 7) is 12.7. The number of para-hydroxylation sites is 1. The average molecular weight is 362 g/mol. The Morgan fingerprint density at radius 3 is 2.15 bits per heavy atom. The molecule has 3 nitrogen and oxygen atoms in total. The van der Waals surface area contributed by atoms with Crippen LogP contribution in [0.4, 0.5) is 4.39 Å². The fraction of sp³-hybridized carbons (Fsp3) is 0.455. The smallest absolute Gasteiger partial charge is 0.168 e. The lowest BCUT2D eigenvalue weighted by Crippen LogP contribution is -2.10. The van der Waals surface area contributed by atoms with Crippen LogP contribution in [0.1, 0.15) is 64.5 Å². The molecule has 0 aliphatic heterocycles. The fourth-order valence-corrected chi connectivity index (χ4v) is 2.39. The zero-order valence-corrected chi connectivity index (χ0v) is 16.7. The molecule has 0 saturated carbocycles. The van der Waals surface area contributed by atoms with Gasteiger partial charge in [-0.3, -0.25) is 0 Å². The van der Waals surface area contributed by atoms with E-state index in [1.54, 1.807) is 12.1 Å². The van der Waals surface area contributed by atoms with Crippen molar-refractivity contribution in [3.8, 4) is 11.5 Å². The number of benzene rings is 2. The molecule has 0 atom stereocenters. The molecule has 4 heteroatoms. The molecular weight excluding hydrogens is 331 g/mol. The van der Waals surface area contributed by atoms with Crippen LogP contribution in [0.25, 0.3) is 0 Å². The summed E-state index contributed by atoms with van der Waals surface area (Å²) < 4.78 is 19.2. The number of hydrogen-bond donors (Lipinski definition) is 0. The van der Waals surface area contributed by atoms with Crippen molar-refractivity contribution in [1.29, 1.82) is 0 Å². The Hall–Kier alpha value is -2.07. The van der Waals surface area contributed by atoms with Crippen molar-refractivity contribution in [2.45, 2.75) is 53.4 Å². The predicted molar refractivity (Wildman–Crippen MR) is 104 cm³/mol. The molecule has 0 spiro atoms. The largest absolute Gasteiger partial charge is 0.491 e. The lowest BCUT2D eigenvalue weighted by atomic mass is 10.0. The lowest BCUT2D eigenvalue weighted by Gasteiger charge is -2.13. The van der Waals surface area contributed by atoms with Crippen molar-refractivity contribution in [3.05, 3.63) is 59.4 Å². The molecule has 2 aromatic carbocycles. The Balaban J connectivity index is 0.00000163. The Kier molecular flexibility index (Phi) is 9.74. The second-order valence-corrected chi connectivity index (χ2v) is 6.28. The van der Waals surface area contributed by atoms with Crippen LogP contribution in [0, 0.1) is 5.82 Å². The van der Waals surface area contributed by atoms with Crippen LogP contribution in [0.3, 0.4) is 0 Å². The van der Waals surface area contributed by atoms with Gasteiger partial charge in [0.25, 0.3) is 0 Å². The molecule has 0 bridgehead atoms. The molecule has 26 heavy (non-hydrogen) atoms. The van der Waals surface area contributed by atoms with E-state index in [2.05, 4.69) is 13.8 Å². The van der Waals surface area contributed by atoms with Crippen molar-refractivity contribution in [2.24, 2.45) is 0 Å². The highest BCUT2D eigenvalue weighted by molar-refractivity contribution is 5.35. The van der Waals surface area contributed by atoms with Crippen molar-refractivity contribution in [2.75, 3.05) is 13.2 Å². The summed E-state index contributed by atoms with van der Waals surface area (Å²) in [7, 11) is 0. The molecule has 2 rings (SSSR count). The number of ether oxygens (including phenoxy) is 1. The zero-order chi connectivity index (χ0) is 19.5. The van der Waals surface area contributed by atoms with E-state index in [9.17, 15) is 4.39 Å². The van der Waals surface area contributed by atoms with E-state index in [0.29, 0.717) is 23.8 Å². The summed E-state index contributed by atoms with van der Waals surface area (Å²) in [4.78, 5) is 10.6. The minimum absolute atomic E-state index is 0.112. The summed E-state index contributed by atoms with van der Waals surface area (Å²) in [5, 5.41) is 0. The van der Waals surface area contributed by atoms with Crippen LogP contribution >= 0.6 is 0 Å². The highest BCUT2D eigenvalue weighted by Crippen LogP contribution is 2.26. The molecule has 0 radical (unpaired) electrons. The average Bonchev–Trinajstić information content (AvgIpc) is 2.64. The molecule has 0 heterocycles. The molecule has 0 saturated heterocycles. The third-order valence-corrected chi connectivity index (χ3v) is 3.71. The molecule has 0 fully saturated rings. The van der Waals surface area contributed by atoms with E-state index in [-0.39, 0.29) is 18.3 Å². The van der Waals surface area contributed by atoms with Crippen molar-refractivity contribution in [3.63, 3.8) is 0 Å². The van der Waals surface area contributed by atoms with E-state index in [1.165, 1.54) is 6.07 Å². The zero-order valence-electron chi connectivity index (χ0n) is 16.7. The molecule has 0 aliphatic rings. The van der Waals surface area contributed by atoms with Crippen LogP contribution in [0.5, 0.6) is 11.5 Å². The summed E-state index contributed by atoms with van der Waals surface area (Å²) in [6, 6.07) is 12.6. The fourth-order valence-electron chi connectivity index (χ4n) is 2.39. The molecule has 144 valence electrons. The molecule has 0 aliphatic carbocycles. The molecular formula is C22H31FO3. The standard InChI is InChI=1S/C20H25FO3.C2H6/c1-14(2)17-7-5-6-8-20(17)24-23-12-11-22-16-9-10-19(21)18(13-16)15(3)4;1-2/h5-10,13-15H,11-12H2,1-4H3;1-2H3. The minimum atomic E-state index is -0.206. The second kappa shape index (κ2) is 11.5. The monoisotopic (exact) mass is 362 g/mol. The molecule has 0 amide bonds. The maximum atomic E-state index is 13.7. The van der Waals surface area contributed by atoms with Gasteiger partial charge >= 0.3 is 0 Å². The van der Waals surface area contributed by atoms with Crippen molar-refractivity contribution in [1.82, 2.24) is 0 Å². The van der Waals surface area contributed by atoms with Gasteiger partial charge in [-0.05, 0) is 41.7 Å². The van der Waals surface area contributed by atoms with E-state index in [4.69, 9.17) is 14.5 Å². The Bertz CT molecular complexity index is 654. The number of rotatable bonds is 8. The maximum Gasteiger partial charge on any atom is 0.168 e. The molecule has 0 unspecified atom stereocenters. The van der Waals surface area contributed by atoms with Gasteiger partial charge < -0.3 is 9.62 Å². The second-order valence-electron chi connectivity index (χ2n) is 6.28. The SMILES string of the molecule is CC.CC(C)c1cc(OCCOOc2ccccc2C(C)C)ccc1F. The third-order valence-electron chi connectivity index (χ3n) is 3.71. The van der Waals surface area contributed by atoms with Crippen LogP contribution < -0.4 is 9.62 Å². The predicted octanol–water partition coefficient (Wildman–Crippen LogP) is 6.49. The van der Waals surface area contributed by atoms with Gasteiger partial charge in [0.2, 0.25) is 0 Å². The lowest BCUT2D eigenvalue weighted by molar-refractivity contribution is -0.211. The van der Waals surface area contributed by atoms with Gasteiger partial charge in [0.05, 0.1) is 0 Å². The third kappa shape index (κ3) is 6.68. The van der Waals surface area contributed by atoms with Gasteiger partial charge in [0, 0.05) is 5.56 Å². The number of halogens is 1. The highest BCUT2D eigenvalue weighted by atomic mass is 19.1. The summed E-state index contributed by atoms with van der Waals surface area (Å²) >= 11 is 0. The first-order valence-corrected chi connectivity index (χ1v) is 9.29. The van der Waals surface area contributed by atoms with E-state index < -0.39 is 0 Å². The van der Waals surface area contributed by atoms with Gasteiger partial charge in [-0.15, -0.1) is 0 Å². The van der Waals surface area contributed by atoms with E-state index in [0.717, 1.165) is 11.3 Å². The van der Waals surface area contributed by atoms with Crippen molar-refractivity contribution >= 4 is 0 Å². The van der Waals surface area contributed by atoms with Gasteiger partial charge in [0.1, 0.15) is 24.8 Å². The van der Waals surface area contributed by atoms with Gasteiger partial charge in [0.15, 0.2) is 5.75 Å². The first-order valence-electron chi connectivity index (χ1n) is 9.29. The van der Waals surface area contributed by atoms with E-state index in [1.807, 2.05) is 52.0 Å². The number of hydrogen-bond acceptors (Lipinski definition) is 3. The maximum absolute atomic E-state index is 13.7. The van der Waals surface area contributed by atoms with Crippen molar-refractivity contribution < 1.29 is 18.9 Å². The normalized spacial score (nSPS) is 10.5. The minimum Gasteiger partial charge on any atom is -0.491 e.